The molecule has 2 N–H and O–H groups in total. The molecule has 0 bridgehead atoms. The van der Waals surface area contributed by atoms with Crippen molar-refractivity contribution in [2.24, 2.45) is 0 Å². The first-order valence-electron chi connectivity index (χ1n) is 9.53. The van der Waals surface area contributed by atoms with Crippen LogP contribution in [-0.4, -0.2) is 20.6 Å². The number of hydrogen-bond acceptors (Lipinski definition) is 4. The molecule has 2 aromatic carbocycles. The topological polar surface area (TPSA) is 67.2 Å². The molecule has 31 heavy (non-hydrogen) atoms. The van der Waals surface area contributed by atoms with Gasteiger partial charge in [-0.1, -0.05) is 12.1 Å². The molecule has 0 radical (unpaired) electrons. The third-order valence-corrected chi connectivity index (χ3v) is 5.92. The first kappa shape index (κ1) is 20.9. The molecule has 2 aromatic heterocycles. The predicted molar refractivity (Wildman–Crippen MR) is 117 cm³/mol. The van der Waals surface area contributed by atoms with Crippen LogP contribution < -0.4 is 4.72 Å². The van der Waals surface area contributed by atoms with Crippen molar-refractivity contribution in [2.45, 2.75) is 24.9 Å². The van der Waals surface area contributed by atoms with Gasteiger partial charge < -0.3 is 14.4 Å². The Balaban J connectivity index is 1.69. The van der Waals surface area contributed by atoms with Crippen molar-refractivity contribution in [3.8, 4) is 0 Å². The van der Waals surface area contributed by atoms with E-state index in [1.165, 1.54) is 36.2 Å². The Morgan fingerprint density at radius 1 is 1.13 bits per heavy atom. The highest BCUT2D eigenvalue weighted by molar-refractivity contribution is 8.00. The normalized spacial score (nSPS) is 11.1. The Hall–Kier alpha value is -3.39. The molecule has 158 valence electrons. The number of nitrogens with zero attached hydrogens (tertiary/aromatic N) is 2. The monoisotopic (exact) mass is 439 g/mol. The Kier molecular flexibility index (Phi) is 5.90. The summed E-state index contributed by atoms with van der Waals surface area (Å²) in [7, 11) is 0. The fourth-order valence-electron chi connectivity index (χ4n) is 3.59. The zero-order valence-electron chi connectivity index (χ0n) is 16.6. The summed E-state index contributed by atoms with van der Waals surface area (Å²) in [4.78, 5) is 15.8. The van der Waals surface area contributed by atoms with Crippen LogP contribution >= 0.6 is 11.9 Å². The number of hydrogen-bond donors (Lipinski definition) is 2. The molecule has 0 aliphatic heterocycles. The van der Waals surface area contributed by atoms with E-state index in [-0.39, 0.29) is 18.2 Å². The van der Waals surface area contributed by atoms with Gasteiger partial charge in [0.25, 0.3) is 0 Å². The van der Waals surface area contributed by atoms with Crippen molar-refractivity contribution in [1.29, 1.82) is 0 Å². The number of pyridine rings is 1. The Morgan fingerprint density at radius 3 is 2.71 bits per heavy atom. The number of carboxylic acid groups (broad SMARTS) is 1. The van der Waals surface area contributed by atoms with Crippen LogP contribution in [0.5, 0.6) is 0 Å². The number of carbonyl (C=O) groups is 1. The number of anilines is 1. The molecule has 8 heteroatoms. The van der Waals surface area contributed by atoms with Crippen LogP contribution in [0, 0.1) is 18.6 Å². The van der Waals surface area contributed by atoms with Gasteiger partial charge in [-0.15, -0.1) is 0 Å². The van der Waals surface area contributed by atoms with Crippen molar-refractivity contribution in [2.75, 3.05) is 4.72 Å². The molecule has 0 atom stereocenters. The van der Waals surface area contributed by atoms with E-state index in [2.05, 4.69) is 9.71 Å². The van der Waals surface area contributed by atoms with E-state index in [1.807, 2.05) is 19.1 Å². The predicted octanol–water partition coefficient (Wildman–Crippen LogP) is 5.42. The van der Waals surface area contributed by atoms with Gasteiger partial charge in [0, 0.05) is 46.8 Å². The van der Waals surface area contributed by atoms with Crippen LogP contribution in [0.25, 0.3) is 10.9 Å². The Labute approximate surface area is 181 Å². The minimum Gasteiger partial charge on any atom is -0.480 e. The molecule has 5 nitrogen and oxygen atoms in total. The second-order valence-corrected chi connectivity index (χ2v) is 7.86. The first-order chi connectivity index (χ1) is 14.9. The van der Waals surface area contributed by atoms with Gasteiger partial charge in [0.1, 0.15) is 23.2 Å². The van der Waals surface area contributed by atoms with E-state index in [4.69, 9.17) is 0 Å². The summed E-state index contributed by atoms with van der Waals surface area (Å²) in [6.45, 7) is 1.63. The number of aliphatic carboxylic acids is 1. The third-order valence-electron chi connectivity index (χ3n) is 5.02. The van der Waals surface area contributed by atoms with Crippen LogP contribution in [-0.2, 0) is 17.8 Å². The molecule has 0 amide bonds. The van der Waals surface area contributed by atoms with Crippen molar-refractivity contribution in [1.82, 2.24) is 9.55 Å². The third kappa shape index (κ3) is 4.54. The summed E-state index contributed by atoms with van der Waals surface area (Å²) in [5.41, 5.74) is 3.78. The number of carboxylic acids is 1. The van der Waals surface area contributed by atoms with Gasteiger partial charge in [-0.2, -0.15) is 0 Å². The van der Waals surface area contributed by atoms with Gasteiger partial charge in [0.2, 0.25) is 0 Å². The van der Waals surface area contributed by atoms with E-state index in [0.29, 0.717) is 28.0 Å². The summed E-state index contributed by atoms with van der Waals surface area (Å²) in [5, 5.41) is 10.7. The van der Waals surface area contributed by atoms with Gasteiger partial charge in [0.15, 0.2) is 0 Å². The summed E-state index contributed by atoms with van der Waals surface area (Å²) < 4.78 is 32.2. The van der Waals surface area contributed by atoms with Crippen LogP contribution in [0.3, 0.4) is 0 Å². The standard InChI is InChI=1S/C23H19F2N3O2S/c1-14-19(20-12-17(25)7-8-21(20)28(14)13-22(29)30)10-15-4-3-9-26-23(15)31-27-18-6-2-5-16(24)11-18/h2-9,11-12,27H,10,13H2,1H3,(H,29,30). The molecule has 0 saturated heterocycles. The van der Waals surface area contributed by atoms with E-state index in [1.54, 1.807) is 29.0 Å². The van der Waals surface area contributed by atoms with Gasteiger partial charge in [-0.3, -0.25) is 4.79 Å². The number of fused-ring (bicyclic) bond motifs is 1. The number of benzene rings is 2. The molecule has 0 saturated carbocycles. The largest absolute Gasteiger partial charge is 0.480 e. The number of aromatic nitrogens is 2. The smallest absolute Gasteiger partial charge is 0.323 e. The molecule has 0 aliphatic rings. The lowest BCUT2D eigenvalue weighted by Gasteiger charge is -2.10. The van der Waals surface area contributed by atoms with Gasteiger partial charge >= 0.3 is 5.97 Å². The van der Waals surface area contributed by atoms with Crippen molar-refractivity contribution >= 4 is 34.5 Å². The van der Waals surface area contributed by atoms with E-state index < -0.39 is 5.97 Å². The zero-order chi connectivity index (χ0) is 22.0. The Morgan fingerprint density at radius 2 is 1.94 bits per heavy atom. The lowest BCUT2D eigenvalue weighted by molar-refractivity contribution is -0.137. The lowest BCUT2D eigenvalue weighted by Crippen LogP contribution is -2.10. The van der Waals surface area contributed by atoms with Crippen LogP contribution in [0.1, 0.15) is 16.8 Å². The minimum absolute atomic E-state index is 0.205. The van der Waals surface area contributed by atoms with Gasteiger partial charge in [0.05, 0.1) is 0 Å². The number of nitrogens with one attached hydrogen (secondary N) is 1. The maximum atomic E-state index is 14.0. The van der Waals surface area contributed by atoms with Crippen molar-refractivity contribution < 1.29 is 18.7 Å². The average Bonchev–Trinajstić information content (AvgIpc) is 2.98. The van der Waals surface area contributed by atoms with Gasteiger partial charge in [-0.25, -0.2) is 13.8 Å². The highest BCUT2D eigenvalue weighted by Gasteiger charge is 2.18. The average molecular weight is 439 g/mol. The molecule has 0 aliphatic carbocycles. The highest BCUT2D eigenvalue weighted by atomic mass is 32.2. The zero-order valence-corrected chi connectivity index (χ0v) is 17.4. The second kappa shape index (κ2) is 8.77. The SMILES string of the molecule is Cc1c(Cc2cccnc2SNc2cccc(F)c2)c2cc(F)ccc2n1CC(=O)O. The lowest BCUT2D eigenvalue weighted by atomic mass is 10.0. The van der Waals surface area contributed by atoms with Crippen LogP contribution in [0.2, 0.25) is 0 Å². The van der Waals surface area contributed by atoms with E-state index in [9.17, 15) is 18.7 Å². The molecular formula is C23H19F2N3O2S. The minimum atomic E-state index is -0.965. The number of rotatable bonds is 7. The molecule has 0 fully saturated rings. The second-order valence-electron chi connectivity index (χ2n) is 7.06. The maximum Gasteiger partial charge on any atom is 0.323 e. The number of halogens is 2. The van der Waals surface area contributed by atoms with Crippen LogP contribution in [0.15, 0.2) is 65.8 Å². The Bertz CT molecular complexity index is 1270. The fraction of sp³-hybridized carbons (Fsp3) is 0.130. The molecule has 4 aromatic rings. The molecular weight excluding hydrogens is 420 g/mol. The quantitative estimate of drug-likeness (QED) is 0.377. The summed E-state index contributed by atoms with van der Waals surface area (Å²) in [5.74, 6) is -1.68. The molecule has 2 heterocycles. The van der Waals surface area contributed by atoms with Crippen molar-refractivity contribution in [3.05, 3.63) is 89.2 Å². The highest BCUT2D eigenvalue weighted by Crippen LogP contribution is 2.31. The van der Waals surface area contributed by atoms with Gasteiger partial charge in [-0.05, 0) is 60.5 Å². The van der Waals surface area contributed by atoms with E-state index in [0.717, 1.165) is 16.8 Å². The van der Waals surface area contributed by atoms with E-state index >= 15 is 0 Å². The molecule has 0 spiro atoms. The van der Waals surface area contributed by atoms with Crippen LogP contribution in [0.4, 0.5) is 14.5 Å². The summed E-state index contributed by atoms with van der Waals surface area (Å²) in [6, 6.07) is 14.2. The summed E-state index contributed by atoms with van der Waals surface area (Å²) >= 11 is 1.26. The maximum absolute atomic E-state index is 14.0. The molecule has 4 rings (SSSR count). The summed E-state index contributed by atoms with van der Waals surface area (Å²) in [6.07, 6.45) is 2.11. The van der Waals surface area contributed by atoms with Crippen molar-refractivity contribution in [3.63, 3.8) is 0 Å². The molecule has 0 unspecified atom stereocenters. The fourth-order valence-corrected chi connectivity index (χ4v) is 4.31. The first-order valence-corrected chi connectivity index (χ1v) is 10.4.